The van der Waals surface area contributed by atoms with Crippen LogP contribution in [0.2, 0.25) is 0 Å². The van der Waals surface area contributed by atoms with Gasteiger partial charge in [-0.15, -0.1) is 0 Å². The van der Waals surface area contributed by atoms with Crippen LogP contribution in [-0.4, -0.2) is 0 Å². The standard InChI is InChI=1S/4C2H6.C2H5.2CH4.Ar.U/c5*1-2;;;;/h4*1-2H3;1H2,2H3;2*1H4;;/q;;;;-1;;;;. The molecule has 0 heterocycles. The van der Waals surface area contributed by atoms with Crippen LogP contribution in [0.1, 0.15) is 77.2 Å². The molecule has 0 saturated heterocycles. The van der Waals surface area contributed by atoms with Gasteiger partial charge in [0.1, 0.15) is 0 Å². The van der Waals surface area contributed by atoms with Crippen molar-refractivity contribution < 1.29 is 68.9 Å². The minimum absolute atomic E-state index is 0. The Hall–Kier alpha value is 2.31. The Morgan fingerprint density at radius 3 is 0.500 bits per heavy atom. The van der Waals surface area contributed by atoms with Crippen LogP contribution in [0.15, 0.2) is 0 Å². The molecule has 98 valence electrons. The van der Waals surface area contributed by atoms with Crippen LogP contribution in [0.3, 0.4) is 0 Å². The summed E-state index contributed by atoms with van der Waals surface area (Å²) in [5.41, 5.74) is 0. The van der Waals surface area contributed by atoms with E-state index in [-0.39, 0.29) is 83.7 Å². The Bertz CT molecular complexity index is 10.3. The van der Waals surface area contributed by atoms with Gasteiger partial charge in [-0.25, -0.2) is 0 Å². The largest absolute Gasteiger partial charge is 0.346 e. The van der Waals surface area contributed by atoms with Crippen LogP contribution in [0.25, 0.3) is 0 Å². The summed E-state index contributed by atoms with van der Waals surface area (Å²) >= 11 is 0. The summed E-state index contributed by atoms with van der Waals surface area (Å²) in [6, 6.07) is 0. The first-order chi connectivity index (χ1) is 5.00. The number of rotatable bonds is 0. The fourth-order valence-electron chi connectivity index (χ4n) is 0. The van der Waals surface area contributed by atoms with Gasteiger partial charge >= 0.3 is 0 Å². The van der Waals surface area contributed by atoms with Gasteiger partial charge in [-0.3, -0.25) is 0 Å². The Labute approximate surface area is 151 Å². The van der Waals surface area contributed by atoms with Crippen molar-refractivity contribution in [3.8, 4) is 0 Å². The van der Waals surface area contributed by atoms with Gasteiger partial charge in [0.25, 0.3) is 0 Å². The molecule has 0 bridgehead atoms. The molecule has 0 rings (SSSR count). The Balaban J connectivity index is -0.00000000298. The van der Waals surface area contributed by atoms with Crippen LogP contribution in [0.5, 0.6) is 0 Å². The third-order valence-corrected chi connectivity index (χ3v) is 0. The van der Waals surface area contributed by atoms with Gasteiger partial charge in [-0.1, -0.05) is 70.2 Å². The number of hydrogen-bond acceptors (Lipinski definition) is 0. The van der Waals surface area contributed by atoms with E-state index in [1.807, 2.05) is 55.4 Å². The van der Waals surface area contributed by atoms with Crippen molar-refractivity contribution in [1.82, 2.24) is 0 Å². The zero-order chi connectivity index (χ0) is 10.0. The van der Waals surface area contributed by atoms with Crippen molar-refractivity contribution in [2.24, 2.45) is 0 Å². The topological polar surface area (TPSA) is 0 Å². The Kier molecular flexibility index (Phi) is 3000. The van der Waals surface area contributed by atoms with Gasteiger partial charge in [-0.2, -0.15) is 6.92 Å². The quantitative estimate of drug-likeness (QED) is 0.378. The molecule has 2 heteroatoms. The summed E-state index contributed by atoms with van der Waals surface area (Å²) < 4.78 is 0. The first-order valence-corrected chi connectivity index (χ1v) is 4.71. The minimum Gasteiger partial charge on any atom is -0.346 e. The monoisotopic (exact) mass is 459 g/mol. The van der Waals surface area contributed by atoms with E-state index < -0.39 is 0 Å². The maximum absolute atomic E-state index is 3.25. The van der Waals surface area contributed by atoms with Crippen LogP contribution in [0, 0.1) is 75.8 Å². The second kappa shape index (κ2) is 587. The number of hydrogen-bond donors (Lipinski definition) is 0. The molecule has 0 aliphatic carbocycles. The smallest absolute Gasteiger partial charge is 0 e. The van der Waals surface area contributed by atoms with E-state index in [0.29, 0.717) is 0 Å². The van der Waals surface area contributed by atoms with Gasteiger partial charge in [0.2, 0.25) is 0 Å². The van der Waals surface area contributed by atoms with E-state index in [1.54, 1.807) is 6.92 Å². The van der Waals surface area contributed by atoms with Crippen molar-refractivity contribution >= 4 is 0 Å². The predicted molar refractivity (Wildman–Crippen MR) is 69.9 cm³/mol. The van der Waals surface area contributed by atoms with Gasteiger partial charge in [0, 0.05) is 68.9 Å². The molecule has 0 unspecified atom stereocenters. The van der Waals surface area contributed by atoms with Crippen LogP contribution in [0.4, 0.5) is 0 Å². The van der Waals surface area contributed by atoms with E-state index in [0.717, 1.165) is 0 Å². The zero-order valence-corrected chi connectivity index (χ0v) is 15.4. The Morgan fingerprint density at radius 2 is 0.500 bits per heavy atom. The van der Waals surface area contributed by atoms with Gasteiger partial charge < -0.3 is 6.92 Å². The molecule has 0 saturated carbocycles. The average Bonchev–Trinajstić information content (AvgIpc) is 2.20. The molecule has 14 heavy (non-hydrogen) atoms. The Morgan fingerprint density at radius 1 is 0.500 bits per heavy atom. The molecule has 0 aromatic heterocycles. The molecular weight excluding hydrogens is 422 g/mol. The maximum Gasteiger partial charge on any atom is 0 e. The third-order valence-electron chi connectivity index (χ3n) is 0. The maximum atomic E-state index is 3.25. The van der Waals surface area contributed by atoms with Crippen molar-refractivity contribution in [3.05, 3.63) is 6.92 Å². The molecular formula is C12H37ArU-. The molecule has 0 amide bonds. The summed E-state index contributed by atoms with van der Waals surface area (Å²) in [7, 11) is 0. The second-order valence-corrected chi connectivity index (χ2v) is 0. The molecule has 0 fully saturated rings. The molecule has 0 aliphatic rings. The molecule has 0 N–H and O–H groups in total. The molecule has 0 nitrogen and oxygen atoms in total. The van der Waals surface area contributed by atoms with Crippen molar-refractivity contribution in [2.75, 3.05) is 0 Å². The third kappa shape index (κ3) is 475. The average molecular weight is 459 g/mol. The molecule has 0 aromatic rings. The molecule has 0 atom stereocenters. The fourth-order valence-corrected chi connectivity index (χ4v) is 0. The van der Waals surface area contributed by atoms with Crippen LogP contribution >= 0.6 is 0 Å². The summed E-state index contributed by atoms with van der Waals surface area (Å²) in [6.45, 7) is 21.0. The van der Waals surface area contributed by atoms with Crippen molar-refractivity contribution in [3.63, 3.8) is 0 Å². The summed E-state index contributed by atoms with van der Waals surface area (Å²) in [6.07, 6.45) is 0. The first-order valence-electron chi connectivity index (χ1n) is 4.71. The fraction of sp³-hybridized carbons (Fsp3) is 0.917. The van der Waals surface area contributed by atoms with E-state index in [4.69, 9.17) is 0 Å². The van der Waals surface area contributed by atoms with E-state index in [2.05, 4.69) is 6.92 Å². The predicted octanol–water partition coefficient (Wildman–Crippen LogP) is 6.22. The normalized spacial score (nSPS) is 2.14. The van der Waals surface area contributed by atoms with Crippen molar-refractivity contribution in [1.29, 1.82) is 0 Å². The van der Waals surface area contributed by atoms with Crippen molar-refractivity contribution in [2.45, 2.75) is 77.2 Å². The first kappa shape index (κ1) is 71.5. The SMILES string of the molecule is C.C.CC.CC.CC.CC.[Ar].[CH2-]C.[U]. The molecule has 0 aromatic carbocycles. The van der Waals surface area contributed by atoms with Crippen LogP contribution < -0.4 is 0 Å². The summed E-state index contributed by atoms with van der Waals surface area (Å²) in [5.74, 6) is 0. The summed E-state index contributed by atoms with van der Waals surface area (Å²) in [5, 5.41) is 0. The zero-order valence-electron chi connectivity index (χ0n) is 10.6. The minimum atomic E-state index is 0. The molecule has 0 aliphatic heterocycles. The molecule has 0 spiro atoms. The van der Waals surface area contributed by atoms with E-state index in [9.17, 15) is 0 Å². The summed E-state index contributed by atoms with van der Waals surface area (Å²) in [4.78, 5) is 0. The van der Waals surface area contributed by atoms with Gasteiger partial charge in [-0.05, 0) is 0 Å². The van der Waals surface area contributed by atoms with Gasteiger partial charge in [0.05, 0.1) is 0 Å². The van der Waals surface area contributed by atoms with Crippen LogP contribution in [-0.2, 0) is 0 Å². The second-order valence-electron chi connectivity index (χ2n) is 0. The molecule has 0 radical (unpaired) electrons. The van der Waals surface area contributed by atoms with Gasteiger partial charge in [0.15, 0.2) is 0 Å². The van der Waals surface area contributed by atoms with E-state index >= 15 is 0 Å². The van der Waals surface area contributed by atoms with E-state index in [1.165, 1.54) is 0 Å².